The van der Waals surface area contributed by atoms with E-state index in [2.05, 4.69) is 0 Å². The van der Waals surface area contributed by atoms with Crippen molar-refractivity contribution in [3.05, 3.63) is 0 Å². The number of amides is 1. The van der Waals surface area contributed by atoms with Gasteiger partial charge in [-0.3, -0.25) is 4.79 Å². The SMILES string of the molecule is NC(=O)C(N)CC(O)C(=O)O. The Balaban J connectivity index is 3.84. The zero-order valence-corrected chi connectivity index (χ0v) is 5.73. The van der Waals surface area contributed by atoms with Gasteiger partial charge in [0.15, 0.2) is 6.10 Å². The number of carboxylic acid groups (broad SMARTS) is 1. The predicted molar refractivity (Wildman–Crippen MR) is 35.4 cm³/mol. The van der Waals surface area contributed by atoms with E-state index in [1.165, 1.54) is 0 Å². The maximum absolute atomic E-state index is 10.3. The van der Waals surface area contributed by atoms with E-state index in [-0.39, 0.29) is 6.42 Å². The monoisotopic (exact) mass is 162 g/mol. The molecule has 0 radical (unpaired) electrons. The summed E-state index contributed by atoms with van der Waals surface area (Å²) in [6.07, 6.45) is -1.98. The lowest BCUT2D eigenvalue weighted by atomic mass is 10.1. The minimum atomic E-state index is -1.63. The van der Waals surface area contributed by atoms with Gasteiger partial charge < -0.3 is 21.7 Å². The molecule has 0 aliphatic heterocycles. The molecule has 0 aliphatic rings. The van der Waals surface area contributed by atoms with Crippen LogP contribution < -0.4 is 11.5 Å². The maximum atomic E-state index is 10.3. The van der Waals surface area contributed by atoms with Gasteiger partial charge in [-0.05, 0) is 0 Å². The number of aliphatic carboxylic acids is 1. The molecule has 0 fully saturated rings. The third-order valence-electron chi connectivity index (χ3n) is 1.13. The summed E-state index contributed by atoms with van der Waals surface area (Å²) in [6, 6.07) is -1.11. The summed E-state index contributed by atoms with van der Waals surface area (Å²) in [5, 5.41) is 16.8. The number of hydrogen-bond donors (Lipinski definition) is 4. The zero-order chi connectivity index (χ0) is 9.02. The van der Waals surface area contributed by atoms with Gasteiger partial charge in [0.25, 0.3) is 0 Å². The molecule has 0 aliphatic carbocycles. The van der Waals surface area contributed by atoms with Crippen molar-refractivity contribution in [3.63, 3.8) is 0 Å². The molecule has 1 amide bonds. The summed E-state index contributed by atoms with van der Waals surface area (Å²) < 4.78 is 0. The summed E-state index contributed by atoms with van der Waals surface area (Å²) in [5.74, 6) is -2.24. The fourth-order valence-electron chi connectivity index (χ4n) is 0.458. The third kappa shape index (κ3) is 3.54. The lowest BCUT2D eigenvalue weighted by molar-refractivity contribution is -0.147. The van der Waals surface area contributed by atoms with Crippen LogP contribution in [0.4, 0.5) is 0 Å². The van der Waals surface area contributed by atoms with E-state index in [1.54, 1.807) is 0 Å². The normalized spacial score (nSPS) is 15.5. The largest absolute Gasteiger partial charge is 0.479 e. The van der Waals surface area contributed by atoms with Crippen LogP contribution in [0.3, 0.4) is 0 Å². The molecule has 0 saturated heterocycles. The van der Waals surface area contributed by atoms with Crippen LogP contribution in [0.15, 0.2) is 0 Å². The molecule has 0 aromatic carbocycles. The smallest absolute Gasteiger partial charge is 0.332 e. The molecule has 0 rings (SSSR count). The number of carbonyl (C=O) groups is 2. The number of hydrogen-bond acceptors (Lipinski definition) is 4. The van der Waals surface area contributed by atoms with E-state index in [1.807, 2.05) is 0 Å². The number of carbonyl (C=O) groups excluding carboxylic acids is 1. The van der Waals surface area contributed by atoms with Crippen molar-refractivity contribution >= 4 is 11.9 Å². The van der Waals surface area contributed by atoms with Crippen LogP contribution in [-0.2, 0) is 9.59 Å². The molecule has 2 atom stereocenters. The van der Waals surface area contributed by atoms with Gasteiger partial charge in [0.2, 0.25) is 5.91 Å². The van der Waals surface area contributed by atoms with Gasteiger partial charge in [0, 0.05) is 6.42 Å². The summed E-state index contributed by atoms with van der Waals surface area (Å²) in [5.41, 5.74) is 9.77. The molecular weight excluding hydrogens is 152 g/mol. The fourth-order valence-corrected chi connectivity index (χ4v) is 0.458. The average Bonchev–Trinajstić information content (AvgIpc) is 1.87. The van der Waals surface area contributed by atoms with Crippen molar-refractivity contribution in [3.8, 4) is 0 Å². The number of aliphatic hydroxyl groups is 1. The quantitative estimate of drug-likeness (QED) is 0.367. The first kappa shape index (κ1) is 9.86. The minimum Gasteiger partial charge on any atom is -0.479 e. The Morgan fingerprint density at radius 2 is 1.91 bits per heavy atom. The molecule has 0 saturated carbocycles. The van der Waals surface area contributed by atoms with E-state index in [9.17, 15) is 9.59 Å². The number of aliphatic hydroxyl groups excluding tert-OH is 1. The van der Waals surface area contributed by atoms with Gasteiger partial charge >= 0.3 is 5.97 Å². The lowest BCUT2D eigenvalue weighted by Gasteiger charge is -2.08. The Labute approximate surface area is 62.8 Å². The van der Waals surface area contributed by atoms with Gasteiger partial charge in [0.1, 0.15) is 0 Å². The molecule has 6 heteroatoms. The third-order valence-corrected chi connectivity index (χ3v) is 1.13. The molecule has 0 aromatic rings. The molecule has 2 unspecified atom stereocenters. The molecule has 6 N–H and O–H groups in total. The topological polar surface area (TPSA) is 127 Å². The van der Waals surface area contributed by atoms with Gasteiger partial charge in [0.05, 0.1) is 6.04 Å². The summed E-state index contributed by atoms with van der Waals surface area (Å²) >= 11 is 0. The highest BCUT2D eigenvalue weighted by Gasteiger charge is 2.20. The second-order valence-corrected chi connectivity index (χ2v) is 2.10. The van der Waals surface area contributed by atoms with Gasteiger partial charge in [-0.15, -0.1) is 0 Å². The molecular formula is C5H10N2O4. The van der Waals surface area contributed by atoms with Gasteiger partial charge in [-0.25, -0.2) is 4.79 Å². The fraction of sp³-hybridized carbons (Fsp3) is 0.600. The lowest BCUT2D eigenvalue weighted by Crippen LogP contribution is -2.40. The standard InChI is InChI=1S/C5H10N2O4/c6-2(4(7)9)1-3(8)5(10)11/h2-3,8H,1,6H2,(H2,7,9)(H,10,11). The van der Waals surface area contributed by atoms with Crippen molar-refractivity contribution in [2.45, 2.75) is 18.6 Å². The molecule has 64 valence electrons. The van der Waals surface area contributed by atoms with Crippen LogP contribution >= 0.6 is 0 Å². The van der Waals surface area contributed by atoms with E-state index in [0.29, 0.717) is 0 Å². The Morgan fingerprint density at radius 3 is 2.18 bits per heavy atom. The minimum absolute atomic E-state index is 0.356. The average molecular weight is 162 g/mol. The van der Waals surface area contributed by atoms with Crippen molar-refractivity contribution in [1.29, 1.82) is 0 Å². The molecule has 0 spiro atoms. The zero-order valence-electron chi connectivity index (χ0n) is 5.73. The Hall–Kier alpha value is -1.14. The van der Waals surface area contributed by atoms with Crippen molar-refractivity contribution in [1.82, 2.24) is 0 Å². The molecule has 0 heterocycles. The van der Waals surface area contributed by atoms with Crippen molar-refractivity contribution in [2.75, 3.05) is 0 Å². The van der Waals surface area contributed by atoms with Crippen LogP contribution in [0.1, 0.15) is 6.42 Å². The second kappa shape index (κ2) is 3.89. The maximum Gasteiger partial charge on any atom is 0.332 e. The highest BCUT2D eigenvalue weighted by atomic mass is 16.4. The Kier molecular flexibility index (Phi) is 3.49. The molecule has 6 nitrogen and oxygen atoms in total. The first-order chi connectivity index (χ1) is 4.95. The first-order valence-electron chi connectivity index (χ1n) is 2.91. The molecule has 0 aromatic heterocycles. The van der Waals surface area contributed by atoms with Crippen molar-refractivity contribution in [2.24, 2.45) is 11.5 Å². The summed E-state index contributed by atoms with van der Waals surface area (Å²) in [4.78, 5) is 20.3. The van der Waals surface area contributed by atoms with Gasteiger partial charge in [-0.1, -0.05) is 0 Å². The van der Waals surface area contributed by atoms with E-state index < -0.39 is 24.0 Å². The first-order valence-corrected chi connectivity index (χ1v) is 2.91. The molecule has 11 heavy (non-hydrogen) atoms. The van der Waals surface area contributed by atoms with Crippen LogP contribution in [0.2, 0.25) is 0 Å². The second-order valence-electron chi connectivity index (χ2n) is 2.10. The highest BCUT2D eigenvalue weighted by molar-refractivity contribution is 5.81. The number of carboxylic acids is 1. The van der Waals surface area contributed by atoms with Crippen molar-refractivity contribution < 1.29 is 19.8 Å². The predicted octanol–water partition coefficient (Wildman–Crippen LogP) is -2.37. The number of nitrogens with two attached hydrogens (primary N) is 2. The number of primary amides is 1. The van der Waals surface area contributed by atoms with Crippen LogP contribution in [0, 0.1) is 0 Å². The number of rotatable bonds is 4. The van der Waals surface area contributed by atoms with Crippen LogP contribution in [0.25, 0.3) is 0 Å². The van der Waals surface area contributed by atoms with Crippen LogP contribution in [-0.4, -0.2) is 34.2 Å². The summed E-state index contributed by atoms with van der Waals surface area (Å²) in [6.45, 7) is 0. The van der Waals surface area contributed by atoms with Crippen LogP contribution in [0.5, 0.6) is 0 Å². The Bertz CT molecular complexity index is 152. The van der Waals surface area contributed by atoms with Gasteiger partial charge in [-0.2, -0.15) is 0 Å². The molecule has 0 bridgehead atoms. The Morgan fingerprint density at radius 1 is 1.45 bits per heavy atom. The van der Waals surface area contributed by atoms with E-state index >= 15 is 0 Å². The van der Waals surface area contributed by atoms with E-state index in [4.69, 9.17) is 21.7 Å². The highest BCUT2D eigenvalue weighted by Crippen LogP contribution is 1.94. The van der Waals surface area contributed by atoms with E-state index in [0.717, 1.165) is 0 Å². The summed E-state index contributed by atoms with van der Waals surface area (Å²) in [7, 11) is 0.